The Labute approximate surface area is 95.5 Å². The molecule has 15 heavy (non-hydrogen) atoms. The molecule has 0 fully saturated rings. The summed E-state index contributed by atoms with van der Waals surface area (Å²) in [6.07, 6.45) is 1.04. The minimum absolute atomic E-state index is 0.119. The molecule has 0 radical (unpaired) electrons. The van der Waals surface area contributed by atoms with Crippen LogP contribution in [0.2, 0.25) is 0 Å². The molecular weight excluding hydrogens is 209 g/mol. The van der Waals surface area contributed by atoms with Crippen molar-refractivity contribution in [2.24, 2.45) is 0 Å². The highest BCUT2D eigenvalue weighted by molar-refractivity contribution is 8.00. The summed E-state index contributed by atoms with van der Waals surface area (Å²) < 4.78 is 13.3. The van der Waals surface area contributed by atoms with Crippen molar-refractivity contribution in [2.75, 3.05) is 7.05 Å². The Kier molecular flexibility index (Phi) is 5.12. The third-order valence-electron chi connectivity index (χ3n) is 2.34. The molecule has 0 bridgehead atoms. The highest BCUT2D eigenvalue weighted by Gasteiger charge is 2.10. The SMILES string of the molecule is CNC(C)CC(C)Sc1ccccc1F. The first kappa shape index (κ1) is 12.5. The summed E-state index contributed by atoms with van der Waals surface area (Å²) in [7, 11) is 1.95. The van der Waals surface area contributed by atoms with E-state index in [1.54, 1.807) is 17.8 Å². The molecule has 0 aliphatic rings. The zero-order valence-corrected chi connectivity index (χ0v) is 10.3. The van der Waals surface area contributed by atoms with Crippen LogP contribution in [0.25, 0.3) is 0 Å². The maximum absolute atomic E-state index is 13.3. The van der Waals surface area contributed by atoms with Crippen LogP contribution in [0, 0.1) is 5.82 Å². The average Bonchev–Trinajstić information content (AvgIpc) is 2.21. The molecule has 84 valence electrons. The second kappa shape index (κ2) is 6.13. The monoisotopic (exact) mass is 227 g/mol. The molecule has 1 rings (SSSR count). The lowest BCUT2D eigenvalue weighted by molar-refractivity contribution is 0.562. The van der Waals surface area contributed by atoms with E-state index in [9.17, 15) is 4.39 Å². The van der Waals surface area contributed by atoms with Gasteiger partial charge in [-0.2, -0.15) is 0 Å². The molecule has 1 aromatic rings. The average molecular weight is 227 g/mol. The van der Waals surface area contributed by atoms with Crippen molar-refractivity contribution in [1.82, 2.24) is 5.32 Å². The lowest BCUT2D eigenvalue weighted by Gasteiger charge is -2.16. The Morgan fingerprint density at radius 3 is 2.60 bits per heavy atom. The van der Waals surface area contributed by atoms with Crippen molar-refractivity contribution in [1.29, 1.82) is 0 Å². The predicted molar refractivity (Wildman–Crippen MR) is 64.9 cm³/mol. The second-order valence-electron chi connectivity index (χ2n) is 3.78. The van der Waals surface area contributed by atoms with E-state index in [1.165, 1.54) is 6.07 Å². The lowest BCUT2D eigenvalue weighted by atomic mass is 10.2. The van der Waals surface area contributed by atoms with Gasteiger partial charge in [0.25, 0.3) is 0 Å². The molecule has 0 saturated carbocycles. The maximum Gasteiger partial charge on any atom is 0.136 e. The largest absolute Gasteiger partial charge is 0.317 e. The van der Waals surface area contributed by atoms with Gasteiger partial charge in [-0.15, -0.1) is 11.8 Å². The van der Waals surface area contributed by atoms with Crippen LogP contribution < -0.4 is 5.32 Å². The summed E-state index contributed by atoms with van der Waals surface area (Å²) in [5.74, 6) is -0.119. The molecule has 1 nitrogen and oxygen atoms in total. The molecule has 0 amide bonds. The van der Waals surface area contributed by atoms with E-state index in [-0.39, 0.29) is 5.82 Å². The van der Waals surface area contributed by atoms with Gasteiger partial charge in [-0.25, -0.2) is 4.39 Å². The van der Waals surface area contributed by atoms with Gasteiger partial charge >= 0.3 is 0 Å². The van der Waals surface area contributed by atoms with Crippen LogP contribution in [0.15, 0.2) is 29.2 Å². The molecular formula is C12H18FNS. The van der Waals surface area contributed by atoms with Crippen LogP contribution in [0.4, 0.5) is 4.39 Å². The third kappa shape index (κ3) is 4.22. The second-order valence-corrected chi connectivity index (χ2v) is 5.26. The van der Waals surface area contributed by atoms with E-state index < -0.39 is 0 Å². The summed E-state index contributed by atoms with van der Waals surface area (Å²) in [4.78, 5) is 0.744. The molecule has 0 saturated heterocycles. The van der Waals surface area contributed by atoms with Crippen molar-refractivity contribution in [3.8, 4) is 0 Å². The Hall–Kier alpha value is -0.540. The number of hydrogen-bond acceptors (Lipinski definition) is 2. The standard InChI is InChI=1S/C12H18FNS/c1-9(14-3)8-10(2)15-12-7-5-4-6-11(12)13/h4-7,9-10,14H,8H2,1-3H3. The summed E-state index contributed by atoms with van der Waals surface area (Å²) in [6, 6.07) is 7.41. The normalized spacial score (nSPS) is 14.9. The Balaban J connectivity index is 2.51. The molecule has 3 heteroatoms. The molecule has 0 spiro atoms. The van der Waals surface area contributed by atoms with Gasteiger partial charge in [0.2, 0.25) is 0 Å². The number of hydrogen-bond donors (Lipinski definition) is 1. The zero-order chi connectivity index (χ0) is 11.3. The summed E-state index contributed by atoms with van der Waals surface area (Å²) >= 11 is 1.60. The lowest BCUT2D eigenvalue weighted by Crippen LogP contribution is -2.24. The molecule has 0 aromatic heterocycles. The highest BCUT2D eigenvalue weighted by atomic mass is 32.2. The quantitative estimate of drug-likeness (QED) is 0.775. The van der Waals surface area contributed by atoms with Crippen LogP contribution >= 0.6 is 11.8 Å². The molecule has 1 N–H and O–H groups in total. The van der Waals surface area contributed by atoms with Gasteiger partial charge < -0.3 is 5.32 Å². The topological polar surface area (TPSA) is 12.0 Å². The van der Waals surface area contributed by atoms with Gasteiger partial charge in [-0.3, -0.25) is 0 Å². The van der Waals surface area contributed by atoms with E-state index in [0.717, 1.165) is 11.3 Å². The van der Waals surface area contributed by atoms with Crippen molar-refractivity contribution >= 4 is 11.8 Å². The minimum Gasteiger partial charge on any atom is -0.317 e. The van der Waals surface area contributed by atoms with Crippen molar-refractivity contribution < 1.29 is 4.39 Å². The number of thioether (sulfide) groups is 1. The summed E-state index contributed by atoms with van der Waals surface area (Å²) in [5, 5.41) is 3.61. The number of benzene rings is 1. The van der Waals surface area contributed by atoms with Gasteiger partial charge in [0, 0.05) is 16.2 Å². The molecule has 0 aliphatic heterocycles. The highest BCUT2D eigenvalue weighted by Crippen LogP contribution is 2.27. The number of nitrogens with one attached hydrogen (secondary N) is 1. The first-order chi connectivity index (χ1) is 7.13. The maximum atomic E-state index is 13.3. The van der Waals surface area contributed by atoms with Crippen molar-refractivity contribution in [3.05, 3.63) is 30.1 Å². The molecule has 0 heterocycles. The summed E-state index contributed by atoms with van der Waals surface area (Å²) in [5.41, 5.74) is 0. The molecule has 1 aromatic carbocycles. The first-order valence-electron chi connectivity index (χ1n) is 5.22. The van der Waals surface area contributed by atoms with Crippen LogP contribution in [-0.2, 0) is 0 Å². The van der Waals surface area contributed by atoms with E-state index in [2.05, 4.69) is 19.2 Å². The van der Waals surface area contributed by atoms with E-state index in [1.807, 2.05) is 19.2 Å². The smallest absolute Gasteiger partial charge is 0.136 e. The summed E-state index contributed by atoms with van der Waals surface area (Å²) in [6.45, 7) is 4.27. The van der Waals surface area contributed by atoms with Crippen molar-refractivity contribution in [2.45, 2.75) is 36.5 Å². The van der Waals surface area contributed by atoms with Gasteiger partial charge in [0.05, 0.1) is 0 Å². The fourth-order valence-corrected chi connectivity index (χ4v) is 2.58. The fourth-order valence-electron chi connectivity index (χ4n) is 1.42. The number of rotatable bonds is 5. The van der Waals surface area contributed by atoms with Crippen LogP contribution in [-0.4, -0.2) is 18.3 Å². The van der Waals surface area contributed by atoms with Gasteiger partial charge in [0.15, 0.2) is 0 Å². The molecule has 2 unspecified atom stereocenters. The van der Waals surface area contributed by atoms with Crippen LogP contribution in [0.1, 0.15) is 20.3 Å². The van der Waals surface area contributed by atoms with Gasteiger partial charge in [0.1, 0.15) is 5.82 Å². The Bertz CT molecular complexity index is 303. The van der Waals surface area contributed by atoms with E-state index in [0.29, 0.717) is 11.3 Å². The Morgan fingerprint density at radius 2 is 2.00 bits per heavy atom. The van der Waals surface area contributed by atoms with Gasteiger partial charge in [-0.05, 0) is 32.5 Å². The van der Waals surface area contributed by atoms with E-state index >= 15 is 0 Å². The molecule has 2 atom stereocenters. The zero-order valence-electron chi connectivity index (χ0n) is 9.46. The molecule has 0 aliphatic carbocycles. The minimum atomic E-state index is -0.119. The van der Waals surface area contributed by atoms with Crippen LogP contribution in [0.5, 0.6) is 0 Å². The third-order valence-corrected chi connectivity index (χ3v) is 3.52. The van der Waals surface area contributed by atoms with Crippen molar-refractivity contribution in [3.63, 3.8) is 0 Å². The van der Waals surface area contributed by atoms with Gasteiger partial charge in [-0.1, -0.05) is 19.1 Å². The Morgan fingerprint density at radius 1 is 1.33 bits per heavy atom. The number of halogens is 1. The first-order valence-corrected chi connectivity index (χ1v) is 6.10. The predicted octanol–water partition coefficient (Wildman–Crippen LogP) is 3.30. The van der Waals surface area contributed by atoms with Crippen LogP contribution in [0.3, 0.4) is 0 Å². The fraction of sp³-hybridized carbons (Fsp3) is 0.500. The van der Waals surface area contributed by atoms with E-state index in [4.69, 9.17) is 0 Å².